The van der Waals surface area contributed by atoms with Crippen molar-refractivity contribution in [1.82, 2.24) is 4.98 Å². The van der Waals surface area contributed by atoms with Gasteiger partial charge < -0.3 is 4.74 Å². The van der Waals surface area contributed by atoms with Crippen LogP contribution >= 0.6 is 11.2 Å². The molecule has 0 aromatic carbocycles. The Bertz CT molecular complexity index is 481. The third kappa shape index (κ3) is 4.13. The first-order valence-corrected chi connectivity index (χ1v) is 11.9. The predicted molar refractivity (Wildman–Crippen MR) is 97.1 cm³/mol. The first-order chi connectivity index (χ1) is 10.3. The molecule has 1 heterocycles. The summed E-state index contributed by atoms with van der Waals surface area (Å²) in [6, 6.07) is 5.65. The number of pyridine rings is 1. The average molecular weight is 340 g/mol. The zero-order valence-corrected chi connectivity index (χ0v) is 16.7. The zero-order chi connectivity index (χ0) is 16.9. The van der Waals surface area contributed by atoms with Crippen LogP contribution in [0.1, 0.15) is 59.0 Å². The summed E-state index contributed by atoms with van der Waals surface area (Å²) < 4.78 is 5.06. The van der Waals surface area contributed by atoms with Gasteiger partial charge in [-0.15, -0.1) is 11.2 Å². The van der Waals surface area contributed by atoms with E-state index in [4.69, 9.17) is 4.74 Å². The molecule has 0 saturated heterocycles. The minimum absolute atomic E-state index is 0.337. The van der Waals surface area contributed by atoms with Crippen molar-refractivity contribution in [3.8, 4) is 0 Å². The van der Waals surface area contributed by atoms with Gasteiger partial charge in [0.1, 0.15) is 12.9 Å². The van der Waals surface area contributed by atoms with Gasteiger partial charge >= 0.3 is 5.97 Å². The molecule has 1 aromatic heterocycles. The Hall–Kier alpha value is -0.813. The minimum Gasteiger partial charge on any atom is -0.461 e. The third-order valence-corrected chi connectivity index (χ3v) is 16.3. The maximum absolute atomic E-state index is 11.9. The molecule has 0 unspecified atom stereocenters. The van der Waals surface area contributed by atoms with Gasteiger partial charge in [0.25, 0.3) is 0 Å². The van der Waals surface area contributed by atoms with Crippen molar-refractivity contribution in [2.24, 2.45) is 0 Å². The number of nitrogens with zero attached hydrogens (tertiary/aromatic N) is 1. The molecule has 0 aliphatic rings. The molecule has 3 nitrogen and oxygen atoms in total. The van der Waals surface area contributed by atoms with Gasteiger partial charge in [0.15, 0.2) is 0 Å². The summed E-state index contributed by atoms with van der Waals surface area (Å²) in [4.78, 5) is 16.4. The normalized spacial score (nSPS) is 12.3. The lowest BCUT2D eigenvalue weighted by atomic mass is 10.3. The molecular formula is C17H29NO2SSi. The Balaban J connectivity index is 3.14. The van der Waals surface area contributed by atoms with Crippen molar-refractivity contribution in [2.75, 3.05) is 6.61 Å². The monoisotopic (exact) mass is 339 g/mol. The first-order valence-electron chi connectivity index (χ1n) is 8.08. The predicted octanol–water partition coefficient (Wildman–Crippen LogP) is 5.53. The molecule has 1 rings (SSSR count). The Kier molecular flexibility index (Phi) is 7.13. The number of carbonyl (C=O) groups excluding carboxylic acids is 1. The molecule has 1 aromatic rings. The largest absolute Gasteiger partial charge is 0.461 e. The van der Waals surface area contributed by atoms with E-state index in [-0.39, 0.29) is 5.97 Å². The molecular weight excluding hydrogens is 310 g/mol. The second kappa shape index (κ2) is 8.16. The minimum atomic E-state index is -1.64. The van der Waals surface area contributed by atoms with Crippen LogP contribution in [-0.4, -0.2) is 24.8 Å². The molecule has 5 heteroatoms. The molecule has 0 N–H and O–H groups in total. The number of hydrogen-bond donors (Lipinski definition) is 0. The van der Waals surface area contributed by atoms with E-state index in [0.717, 1.165) is 5.03 Å². The smallest absolute Gasteiger partial charge is 0.356 e. The number of hydrogen-bond acceptors (Lipinski definition) is 4. The number of aromatic nitrogens is 1. The maximum atomic E-state index is 11.9. The average Bonchev–Trinajstić information content (AvgIpc) is 2.44. The molecule has 0 amide bonds. The van der Waals surface area contributed by atoms with Gasteiger partial charge in [-0.2, -0.15) is 0 Å². The van der Waals surface area contributed by atoms with E-state index in [1.165, 1.54) is 0 Å². The van der Waals surface area contributed by atoms with Crippen molar-refractivity contribution < 1.29 is 9.53 Å². The fraction of sp³-hybridized carbons (Fsp3) is 0.647. The topological polar surface area (TPSA) is 39.2 Å². The maximum Gasteiger partial charge on any atom is 0.356 e. The van der Waals surface area contributed by atoms with Gasteiger partial charge in [-0.05, 0) is 35.7 Å². The van der Waals surface area contributed by atoms with Crippen molar-refractivity contribution in [3.63, 3.8) is 0 Å². The molecule has 0 fully saturated rings. The summed E-state index contributed by atoms with van der Waals surface area (Å²) in [5, 5.41) is 0.952. The van der Waals surface area contributed by atoms with Crippen LogP contribution in [0, 0.1) is 0 Å². The highest BCUT2D eigenvalue weighted by molar-refractivity contribution is 8.29. The van der Waals surface area contributed by atoms with E-state index in [1.807, 2.05) is 30.3 Å². The van der Waals surface area contributed by atoms with Crippen molar-refractivity contribution in [2.45, 2.75) is 70.1 Å². The molecule has 0 atom stereocenters. The highest BCUT2D eigenvalue weighted by Gasteiger charge is 2.44. The van der Waals surface area contributed by atoms with E-state index in [1.54, 1.807) is 6.07 Å². The number of carbonyl (C=O) groups is 1. The van der Waals surface area contributed by atoms with Crippen LogP contribution in [0.3, 0.4) is 0 Å². The molecule has 0 radical (unpaired) electrons. The van der Waals surface area contributed by atoms with Gasteiger partial charge in [-0.1, -0.05) is 47.6 Å². The molecule has 22 heavy (non-hydrogen) atoms. The molecule has 0 aliphatic heterocycles. The summed E-state index contributed by atoms with van der Waals surface area (Å²) in [5.74, 6) is -0.337. The van der Waals surface area contributed by atoms with Crippen molar-refractivity contribution >= 4 is 24.4 Å². The molecule has 124 valence electrons. The van der Waals surface area contributed by atoms with Gasteiger partial charge in [-0.3, -0.25) is 0 Å². The number of rotatable bonds is 7. The lowest BCUT2D eigenvalue weighted by molar-refractivity contribution is 0.0518. The first kappa shape index (κ1) is 19.2. The Morgan fingerprint density at radius 1 is 1.14 bits per heavy atom. The number of esters is 1. The second-order valence-electron chi connectivity index (χ2n) is 6.50. The van der Waals surface area contributed by atoms with Crippen LogP contribution < -0.4 is 0 Å². The summed E-state index contributed by atoms with van der Waals surface area (Å²) in [5.41, 5.74) is 2.34. The van der Waals surface area contributed by atoms with Crippen LogP contribution in [0.5, 0.6) is 0 Å². The third-order valence-electron chi connectivity index (χ3n) is 4.20. The zero-order valence-electron chi connectivity index (χ0n) is 14.8. The van der Waals surface area contributed by atoms with Crippen LogP contribution in [0.4, 0.5) is 0 Å². The van der Waals surface area contributed by atoms with E-state index in [9.17, 15) is 4.79 Å². The van der Waals surface area contributed by atoms with Crippen molar-refractivity contribution in [1.29, 1.82) is 0 Å². The van der Waals surface area contributed by atoms with Crippen LogP contribution in [0.2, 0.25) is 16.6 Å². The quantitative estimate of drug-likeness (QED) is 0.484. The van der Waals surface area contributed by atoms with Crippen LogP contribution in [0.25, 0.3) is 0 Å². The molecule has 0 saturated carbocycles. The van der Waals surface area contributed by atoms with Gasteiger partial charge in [0.05, 0.1) is 11.6 Å². The van der Waals surface area contributed by atoms with Gasteiger partial charge in [0.2, 0.25) is 0 Å². The Labute approximate surface area is 139 Å². The standard InChI is InChI=1S/C17H29NO2SSi/c1-8-20-17(19)15-10-9-11-16(18-15)21-22(12(2)3,13(4)5)14(6)7/h9-14H,8H2,1-7H3. The van der Waals surface area contributed by atoms with E-state index in [2.05, 4.69) is 46.5 Å². The van der Waals surface area contributed by atoms with Gasteiger partial charge in [-0.25, -0.2) is 9.78 Å². The molecule has 0 spiro atoms. The highest BCUT2D eigenvalue weighted by Crippen LogP contribution is 2.51. The SMILES string of the molecule is CCOC(=O)c1cccc(S[Si](C(C)C)(C(C)C)C(C)C)n1. The fourth-order valence-corrected chi connectivity index (χ4v) is 12.2. The Morgan fingerprint density at radius 2 is 1.68 bits per heavy atom. The summed E-state index contributed by atoms with van der Waals surface area (Å²) in [6.45, 7) is 16.2. The number of ether oxygens (including phenoxy) is 1. The van der Waals surface area contributed by atoms with E-state index in [0.29, 0.717) is 28.9 Å². The molecule has 0 bridgehead atoms. The Morgan fingerprint density at radius 3 is 2.14 bits per heavy atom. The lowest BCUT2D eigenvalue weighted by Gasteiger charge is -2.41. The molecule has 0 aliphatic carbocycles. The highest BCUT2D eigenvalue weighted by atomic mass is 32.4. The summed E-state index contributed by atoms with van der Waals surface area (Å²) in [6.07, 6.45) is 0. The van der Waals surface area contributed by atoms with E-state index >= 15 is 0 Å². The van der Waals surface area contributed by atoms with Crippen LogP contribution in [-0.2, 0) is 4.74 Å². The summed E-state index contributed by atoms with van der Waals surface area (Å²) >= 11 is 1.93. The van der Waals surface area contributed by atoms with Crippen molar-refractivity contribution in [3.05, 3.63) is 23.9 Å². The lowest BCUT2D eigenvalue weighted by Crippen LogP contribution is -2.41. The fourth-order valence-electron chi connectivity index (χ4n) is 3.33. The summed E-state index contributed by atoms with van der Waals surface area (Å²) in [7, 11) is -1.64. The van der Waals surface area contributed by atoms with Crippen LogP contribution in [0.15, 0.2) is 23.2 Å². The van der Waals surface area contributed by atoms with E-state index < -0.39 is 7.22 Å². The second-order valence-corrected chi connectivity index (χ2v) is 15.0. The van der Waals surface area contributed by atoms with Gasteiger partial charge in [0, 0.05) is 0 Å².